The summed E-state index contributed by atoms with van der Waals surface area (Å²) in [7, 11) is -4.12. The predicted molar refractivity (Wildman–Crippen MR) is 105 cm³/mol. The molecule has 0 heterocycles. The number of sulfone groups is 1. The number of alkyl carbamates (subject to hydrolysis) is 1. The molecule has 1 aromatic rings. The number of ether oxygens (including phenoxy) is 2. The molecule has 12 heteroatoms. The molecule has 0 radical (unpaired) electrons. The number of nitrogens with one attached hydrogen (secondary N) is 2. The van der Waals surface area contributed by atoms with Crippen LogP contribution in [-0.4, -0.2) is 50.8 Å². The van der Waals surface area contributed by atoms with Crippen LogP contribution < -0.4 is 10.6 Å². The molecule has 2 N–H and O–H groups in total. The summed E-state index contributed by atoms with van der Waals surface area (Å²) in [5, 5.41) is 5.04. The van der Waals surface area contributed by atoms with Gasteiger partial charge in [-0.2, -0.15) is 13.2 Å². The van der Waals surface area contributed by atoms with E-state index in [1.165, 1.54) is 13.2 Å². The number of carbonyl (C=O) groups is 2. The van der Waals surface area contributed by atoms with Gasteiger partial charge in [0.15, 0.2) is 0 Å². The van der Waals surface area contributed by atoms with Crippen LogP contribution in [0.2, 0.25) is 0 Å². The van der Waals surface area contributed by atoms with Crippen LogP contribution in [0.3, 0.4) is 0 Å². The number of hydrogen-bond donors (Lipinski definition) is 2. The van der Waals surface area contributed by atoms with Crippen LogP contribution >= 0.6 is 0 Å². The average Bonchev–Trinajstić information content (AvgIpc) is 3.01. The van der Waals surface area contributed by atoms with Gasteiger partial charge in [0, 0.05) is 12.8 Å². The van der Waals surface area contributed by atoms with Gasteiger partial charge < -0.3 is 20.1 Å². The molecule has 1 aliphatic carbocycles. The Morgan fingerprint density at radius 2 is 1.77 bits per heavy atom. The average molecular weight is 466 g/mol. The predicted octanol–water partition coefficient (Wildman–Crippen LogP) is 3.24. The van der Waals surface area contributed by atoms with Crippen molar-refractivity contribution in [3.63, 3.8) is 0 Å². The van der Waals surface area contributed by atoms with Crippen molar-refractivity contribution < 1.29 is 40.7 Å². The maximum Gasteiger partial charge on any atom is 0.501 e. The lowest BCUT2D eigenvalue weighted by Crippen LogP contribution is -2.49. The topological polar surface area (TPSA) is 111 Å². The fourth-order valence-electron chi connectivity index (χ4n) is 3.27. The van der Waals surface area contributed by atoms with Crippen LogP contribution in [0.5, 0.6) is 0 Å². The number of hydrogen-bond acceptors (Lipinski definition) is 6. The lowest BCUT2D eigenvalue weighted by atomic mass is 10.0. The summed E-state index contributed by atoms with van der Waals surface area (Å²) in [6, 6.07) is 3.16. The van der Waals surface area contributed by atoms with E-state index in [1.807, 2.05) is 0 Å². The van der Waals surface area contributed by atoms with Gasteiger partial charge in [-0.05, 0) is 51.8 Å². The van der Waals surface area contributed by atoms with Gasteiger partial charge in [-0.3, -0.25) is 4.79 Å². The number of carbonyl (C=O) groups excluding carboxylic acids is 2. The second kappa shape index (κ2) is 9.03. The molecule has 2 rings (SSSR count). The standard InChI is InChI=1S/C19H25F3N2O6S/c1-18(2,3)30-17(26)24-15-13(8-9-14(15)29-4)16(25)23-11-6-5-7-12(10-11)31(27,28)19(20,21)22/h5-7,10,13-15H,8-9H2,1-4H3,(H,23,25)(H,24,26)/t13-,14-,15-/m1/s1. The highest BCUT2D eigenvalue weighted by molar-refractivity contribution is 7.92. The van der Waals surface area contributed by atoms with Gasteiger partial charge in [0.05, 0.1) is 23.0 Å². The van der Waals surface area contributed by atoms with E-state index in [2.05, 4.69) is 10.6 Å². The van der Waals surface area contributed by atoms with Crippen molar-refractivity contribution in [2.75, 3.05) is 12.4 Å². The van der Waals surface area contributed by atoms with Gasteiger partial charge in [-0.15, -0.1) is 0 Å². The van der Waals surface area contributed by atoms with E-state index in [-0.39, 0.29) is 5.69 Å². The third-order valence-electron chi connectivity index (χ3n) is 4.64. The fourth-order valence-corrected chi connectivity index (χ4v) is 4.07. The molecular formula is C19H25F3N2O6S. The summed E-state index contributed by atoms with van der Waals surface area (Å²) in [5.74, 6) is -1.36. The Labute approximate surface area is 178 Å². The fraction of sp³-hybridized carbons (Fsp3) is 0.579. The number of alkyl halides is 3. The van der Waals surface area contributed by atoms with E-state index in [0.29, 0.717) is 12.8 Å². The first-order valence-corrected chi connectivity index (χ1v) is 10.9. The first-order chi connectivity index (χ1) is 14.2. The molecule has 0 unspecified atom stereocenters. The van der Waals surface area contributed by atoms with Crippen LogP contribution in [0.4, 0.5) is 23.7 Å². The van der Waals surface area contributed by atoms with Gasteiger partial charge >= 0.3 is 11.6 Å². The highest BCUT2D eigenvalue weighted by atomic mass is 32.2. The molecule has 0 aromatic heterocycles. The number of amides is 2. The minimum Gasteiger partial charge on any atom is -0.444 e. The second-order valence-electron chi connectivity index (χ2n) is 8.10. The van der Waals surface area contributed by atoms with Gasteiger partial charge in [0.25, 0.3) is 9.84 Å². The zero-order valence-corrected chi connectivity index (χ0v) is 18.3. The molecular weight excluding hydrogens is 441 g/mol. The quantitative estimate of drug-likeness (QED) is 0.689. The summed E-state index contributed by atoms with van der Waals surface area (Å²) in [5.41, 5.74) is -6.34. The first kappa shape index (κ1) is 24.9. The summed E-state index contributed by atoms with van der Waals surface area (Å²) < 4.78 is 72.1. The zero-order valence-electron chi connectivity index (χ0n) is 17.4. The third-order valence-corrected chi connectivity index (χ3v) is 6.12. The van der Waals surface area contributed by atoms with Gasteiger partial charge in [-0.1, -0.05) is 6.07 Å². The summed E-state index contributed by atoms with van der Waals surface area (Å²) >= 11 is 0. The van der Waals surface area contributed by atoms with E-state index in [0.717, 1.165) is 18.2 Å². The Bertz CT molecular complexity index is 927. The maximum atomic E-state index is 12.8. The summed E-state index contributed by atoms with van der Waals surface area (Å²) in [6.45, 7) is 5.05. The molecule has 1 saturated carbocycles. The van der Waals surface area contributed by atoms with Gasteiger partial charge in [0.2, 0.25) is 5.91 Å². The van der Waals surface area contributed by atoms with Crippen molar-refractivity contribution in [3.05, 3.63) is 24.3 Å². The minimum atomic E-state index is -5.56. The van der Waals surface area contributed by atoms with Crippen molar-refractivity contribution in [2.24, 2.45) is 5.92 Å². The van der Waals surface area contributed by atoms with Gasteiger partial charge in [0.1, 0.15) is 5.60 Å². The van der Waals surface area contributed by atoms with Crippen LogP contribution in [0.25, 0.3) is 0 Å². The Morgan fingerprint density at radius 1 is 1.13 bits per heavy atom. The van der Waals surface area contributed by atoms with Crippen molar-refractivity contribution in [3.8, 4) is 0 Å². The second-order valence-corrected chi connectivity index (χ2v) is 10.0. The lowest BCUT2D eigenvalue weighted by Gasteiger charge is -2.27. The Balaban J connectivity index is 2.18. The maximum absolute atomic E-state index is 12.8. The SMILES string of the molecule is CO[C@@H]1CC[C@@H](C(=O)Nc2cccc(S(=O)(=O)C(F)(F)F)c2)[C@H]1NC(=O)OC(C)(C)C. The summed E-state index contributed by atoms with van der Waals surface area (Å²) in [4.78, 5) is 24.0. The van der Waals surface area contributed by atoms with E-state index in [4.69, 9.17) is 9.47 Å². The highest BCUT2D eigenvalue weighted by Gasteiger charge is 2.47. The molecule has 0 aliphatic heterocycles. The third kappa shape index (κ3) is 6.10. The molecule has 174 valence electrons. The minimum absolute atomic E-state index is 0.118. The molecule has 0 spiro atoms. The van der Waals surface area contributed by atoms with Crippen molar-refractivity contribution in [1.82, 2.24) is 5.32 Å². The number of methoxy groups -OCH3 is 1. The van der Waals surface area contributed by atoms with Crippen LogP contribution in [0.15, 0.2) is 29.2 Å². The van der Waals surface area contributed by atoms with Crippen molar-refractivity contribution in [2.45, 2.75) is 61.8 Å². The molecule has 0 bridgehead atoms. The normalized spacial score (nSPS) is 22.1. The van der Waals surface area contributed by atoms with Crippen LogP contribution in [0.1, 0.15) is 33.6 Å². The largest absolute Gasteiger partial charge is 0.501 e. The Morgan fingerprint density at radius 3 is 2.32 bits per heavy atom. The molecule has 3 atom stereocenters. The molecule has 31 heavy (non-hydrogen) atoms. The highest BCUT2D eigenvalue weighted by Crippen LogP contribution is 2.33. The lowest BCUT2D eigenvalue weighted by molar-refractivity contribution is -0.120. The van der Waals surface area contributed by atoms with Crippen LogP contribution in [-0.2, 0) is 24.1 Å². The van der Waals surface area contributed by atoms with E-state index < -0.39 is 55.9 Å². The van der Waals surface area contributed by atoms with Crippen molar-refractivity contribution >= 4 is 27.5 Å². The van der Waals surface area contributed by atoms with E-state index >= 15 is 0 Å². The molecule has 0 saturated heterocycles. The molecule has 1 fully saturated rings. The number of rotatable bonds is 5. The van der Waals surface area contributed by atoms with E-state index in [1.54, 1.807) is 20.8 Å². The summed E-state index contributed by atoms with van der Waals surface area (Å²) in [6.07, 6.45) is -0.416. The molecule has 1 aliphatic rings. The van der Waals surface area contributed by atoms with E-state index in [9.17, 15) is 31.2 Å². The first-order valence-electron chi connectivity index (χ1n) is 9.40. The molecule has 8 nitrogen and oxygen atoms in total. The Kier molecular flexibility index (Phi) is 7.26. The Hall–Kier alpha value is -2.34. The number of benzene rings is 1. The van der Waals surface area contributed by atoms with Gasteiger partial charge in [-0.25, -0.2) is 13.2 Å². The molecule has 1 aromatic carbocycles. The van der Waals surface area contributed by atoms with Crippen molar-refractivity contribution in [1.29, 1.82) is 0 Å². The molecule has 2 amide bonds. The van der Waals surface area contributed by atoms with Crippen LogP contribution in [0, 0.1) is 5.92 Å². The monoisotopic (exact) mass is 466 g/mol. The zero-order chi connectivity index (χ0) is 23.6. The number of anilines is 1. The smallest absolute Gasteiger partial charge is 0.444 e. The number of halogens is 3.